The van der Waals surface area contributed by atoms with Crippen molar-refractivity contribution in [3.05, 3.63) is 70.7 Å². The second-order valence-electron chi connectivity index (χ2n) is 4.76. The maximum Gasteiger partial charge on any atom is 0.131 e. The average molecular weight is 309 g/mol. The molecule has 0 N–H and O–H groups in total. The molecule has 1 aromatic carbocycles. The van der Waals surface area contributed by atoms with Gasteiger partial charge >= 0.3 is 0 Å². The fourth-order valence-electron chi connectivity index (χ4n) is 1.95. The molecule has 3 rings (SSSR count). The van der Waals surface area contributed by atoms with Crippen LogP contribution in [-0.4, -0.2) is 15.0 Å². The number of rotatable bonds is 5. The molecule has 0 aliphatic rings. The van der Waals surface area contributed by atoms with Gasteiger partial charge in [-0.1, -0.05) is 12.1 Å². The van der Waals surface area contributed by atoms with E-state index in [0.717, 1.165) is 28.3 Å². The number of aromatic nitrogens is 3. The third kappa shape index (κ3) is 3.77. The summed E-state index contributed by atoms with van der Waals surface area (Å²) in [5, 5.41) is 1.99. The molecule has 0 aliphatic carbocycles. The summed E-state index contributed by atoms with van der Waals surface area (Å²) < 4.78 is 5.70. The van der Waals surface area contributed by atoms with E-state index in [9.17, 15) is 0 Å². The molecule has 5 heteroatoms. The van der Waals surface area contributed by atoms with Gasteiger partial charge in [0.05, 0.1) is 23.1 Å². The number of hydrogen-bond acceptors (Lipinski definition) is 5. The molecule has 0 spiro atoms. The zero-order chi connectivity index (χ0) is 15.2. The SMILES string of the molecule is CC(=Cc1ccc(OCc2cscn2)cc1)c1cnccn1. The van der Waals surface area contributed by atoms with E-state index in [4.69, 9.17) is 4.74 Å². The Balaban J connectivity index is 1.66. The van der Waals surface area contributed by atoms with Crippen LogP contribution in [0.3, 0.4) is 0 Å². The number of benzene rings is 1. The first-order chi connectivity index (χ1) is 10.8. The summed E-state index contributed by atoms with van der Waals surface area (Å²) in [7, 11) is 0. The van der Waals surface area contributed by atoms with Crippen LogP contribution < -0.4 is 4.74 Å². The van der Waals surface area contributed by atoms with Crippen LogP contribution in [0, 0.1) is 0 Å². The molecule has 110 valence electrons. The Kier molecular flexibility index (Phi) is 4.56. The largest absolute Gasteiger partial charge is 0.487 e. The van der Waals surface area contributed by atoms with Crippen molar-refractivity contribution in [1.29, 1.82) is 0 Å². The Labute approximate surface area is 133 Å². The van der Waals surface area contributed by atoms with Gasteiger partial charge < -0.3 is 4.74 Å². The molecule has 0 unspecified atom stereocenters. The van der Waals surface area contributed by atoms with Crippen molar-refractivity contribution in [2.24, 2.45) is 0 Å². The summed E-state index contributed by atoms with van der Waals surface area (Å²) >= 11 is 1.57. The predicted molar refractivity (Wildman–Crippen MR) is 88.5 cm³/mol. The second-order valence-corrected chi connectivity index (χ2v) is 5.47. The molecule has 3 aromatic rings. The third-order valence-corrected chi connectivity index (χ3v) is 3.74. The molecular weight excluding hydrogens is 294 g/mol. The van der Waals surface area contributed by atoms with E-state index in [1.807, 2.05) is 42.1 Å². The first-order valence-corrected chi connectivity index (χ1v) is 7.80. The average Bonchev–Trinajstić information content (AvgIpc) is 3.08. The fourth-order valence-corrected chi connectivity index (χ4v) is 2.50. The molecule has 4 nitrogen and oxygen atoms in total. The van der Waals surface area contributed by atoms with Crippen molar-refractivity contribution in [2.75, 3.05) is 0 Å². The van der Waals surface area contributed by atoms with Crippen LogP contribution in [-0.2, 0) is 6.61 Å². The topological polar surface area (TPSA) is 47.9 Å². The molecule has 0 bridgehead atoms. The lowest BCUT2D eigenvalue weighted by molar-refractivity contribution is 0.302. The van der Waals surface area contributed by atoms with E-state index in [1.54, 1.807) is 29.9 Å². The molecule has 2 heterocycles. The van der Waals surface area contributed by atoms with Crippen molar-refractivity contribution in [3.63, 3.8) is 0 Å². The van der Waals surface area contributed by atoms with Gasteiger partial charge in [-0.25, -0.2) is 4.98 Å². The highest BCUT2D eigenvalue weighted by atomic mass is 32.1. The summed E-state index contributed by atoms with van der Waals surface area (Å²) in [4.78, 5) is 12.6. The summed E-state index contributed by atoms with van der Waals surface area (Å²) in [6.45, 7) is 2.52. The van der Waals surface area contributed by atoms with Crippen molar-refractivity contribution in [3.8, 4) is 5.75 Å². The lowest BCUT2D eigenvalue weighted by Crippen LogP contribution is -1.95. The second kappa shape index (κ2) is 6.95. The van der Waals surface area contributed by atoms with Crippen molar-refractivity contribution in [2.45, 2.75) is 13.5 Å². The van der Waals surface area contributed by atoms with E-state index in [-0.39, 0.29) is 0 Å². The summed E-state index contributed by atoms with van der Waals surface area (Å²) in [5.74, 6) is 0.835. The highest BCUT2D eigenvalue weighted by Gasteiger charge is 2.00. The molecule has 22 heavy (non-hydrogen) atoms. The van der Waals surface area contributed by atoms with Gasteiger partial charge in [-0.15, -0.1) is 11.3 Å². The number of allylic oxidation sites excluding steroid dienone is 1. The Hall–Kier alpha value is -2.53. The molecule has 0 saturated carbocycles. The standard InChI is InChI=1S/C17H15N3OS/c1-13(17-9-18-6-7-19-17)8-14-2-4-16(5-3-14)21-10-15-11-22-12-20-15/h2-9,11-12H,10H2,1H3. The van der Waals surface area contributed by atoms with E-state index < -0.39 is 0 Å². The lowest BCUT2D eigenvalue weighted by atomic mass is 10.1. The minimum absolute atomic E-state index is 0.497. The molecule has 0 amide bonds. The third-order valence-electron chi connectivity index (χ3n) is 3.10. The first-order valence-electron chi connectivity index (χ1n) is 6.86. The van der Waals surface area contributed by atoms with Crippen LogP contribution in [0.2, 0.25) is 0 Å². The molecule has 0 atom stereocenters. The minimum atomic E-state index is 0.497. The molecule has 0 radical (unpaired) electrons. The van der Waals surface area contributed by atoms with E-state index >= 15 is 0 Å². The molecule has 2 aromatic heterocycles. The monoisotopic (exact) mass is 309 g/mol. The summed E-state index contributed by atoms with van der Waals surface area (Å²) in [6.07, 6.45) is 7.21. The van der Waals surface area contributed by atoms with Crippen LogP contribution in [0.1, 0.15) is 23.9 Å². The van der Waals surface area contributed by atoms with Gasteiger partial charge in [0.25, 0.3) is 0 Å². The van der Waals surface area contributed by atoms with Crippen LogP contribution in [0.5, 0.6) is 5.75 Å². The highest BCUT2D eigenvalue weighted by Crippen LogP contribution is 2.18. The summed E-state index contributed by atoms with van der Waals surface area (Å²) in [6, 6.07) is 7.97. The first kappa shape index (κ1) is 14.4. The molecule has 0 saturated heterocycles. The number of thiazole rings is 1. The Bertz CT molecular complexity index is 737. The number of ether oxygens (including phenoxy) is 1. The normalized spacial score (nSPS) is 11.4. The van der Waals surface area contributed by atoms with E-state index in [1.165, 1.54) is 0 Å². The molecule has 0 fully saturated rings. The van der Waals surface area contributed by atoms with Gasteiger partial charge in [-0.2, -0.15) is 0 Å². The van der Waals surface area contributed by atoms with Gasteiger partial charge in [-0.05, 0) is 36.3 Å². The maximum atomic E-state index is 5.70. The molecule has 0 aliphatic heterocycles. The van der Waals surface area contributed by atoms with Gasteiger partial charge in [-0.3, -0.25) is 9.97 Å². The predicted octanol–water partition coefficient (Wildman–Crippen LogP) is 4.07. The maximum absolute atomic E-state index is 5.70. The van der Waals surface area contributed by atoms with E-state index in [0.29, 0.717) is 6.61 Å². The lowest BCUT2D eigenvalue weighted by Gasteiger charge is -2.05. The van der Waals surface area contributed by atoms with Crippen LogP contribution in [0.25, 0.3) is 11.6 Å². The number of hydrogen-bond donors (Lipinski definition) is 0. The number of nitrogens with zero attached hydrogens (tertiary/aromatic N) is 3. The van der Waals surface area contributed by atoms with Gasteiger partial charge in [0, 0.05) is 17.8 Å². The van der Waals surface area contributed by atoms with Crippen molar-refractivity contribution >= 4 is 23.0 Å². The minimum Gasteiger partial charge on any atom is -0.487 e. The smallest absolute Gasteiger partial charge is 0.131 e. The zero-order valence-corrected chi connectivity index (χ0v) is 13.0. The van der Waals surface area contributed by atoms with Crippen molar-refractivity contribution in [1.82, 2.24) is 15.0 Å². The van der Waals surface area contributed by atoms with Crippen molar-refractivity contribution < 1.29 is 4.74 Å². The van der Waals surface area contributed by atoms with Gasteiger partial charge in [0.2, 0.25) is 0 Å². The van der Waals surface area contributed by atoms with Crippen LogP contribution in [0.4, 0.5) is 0 Å². The fraction of sp³-hybridized carbons (Fsp3) is 0.118. The van der Waals surface area contributed by atoms with Gasteiger partial charge in [0.1, 0.15) is 12.4 Å². The summed E-state index contributed by atoms with van der Waals surface area (Å²) in [5.41, 5.74) is 5.81. The van der Waals surface area contributed by atoms with Crippen LogP contribution in [0.15, 0.2) is 53.7 Å². The highest BCUT2D eigenvalue weighted by molar-refractivity contribution is 7.07. The Morgan fingerprint density at radius 2 is 2.05 bits per heavy atom. The quantitative estimate of drug-likeness (QED) is 0.712. The van der Waals surface area contributed by atoms with Gasteiger partial charge in [0.15, 0.2) is 0 Å². The van der Waals surface area contributed by atoms with E-state index in [2.05, 4.69) is 21.0 Å². The Morgan fingerprint density at radius 3 is 2.73 bits per heavy atom. The Morgan fingerprint density at radius 1 is 1.18 bits per heavy atom. The zero-order valence-electron chi connectivity index (χ0n) is 12.1. The molecular formula is C17H15N3OS. The van der Waals surface area contributed by atoms with Crippen LogP contribution >= 0.6 is 11.3 Å².